The summed E-state index contributed by atoms with van der Waals surface area (Å²) >= 11 is 0. The number of fused-ring (bicyclic) bond motifs is 1. The number of anilines is 2. The Morgan fingerprint density at radius 1 is 0.788 bits per heavy atom. The van der Waals surface area contributed by atoms with Gasteiger partial charge >= 0.3 is 0 Å². The van der Waals surface area contributed by atoms with E-state index in [1.54, 1.807) is 0 Å². The molecule has 8 heteroatoms. The van der Waals surface area contributed by atoms with Crippen molar-refractivity contribution in [2.75, 3.05) is 17.2 Å². The highest BCUT2D eigenvalue weighted by Crippen LogP contribution is 2.30. The van der Waals surface area contributed by atoms with Crippen molar-refractivity contribution < 1.29 is 18.0 Å². The highest BCUT2D eigenvalue weighted by Gasteiger charge is 2.30. The lowest BCUT2D eigenvalue weighted by molar-refractivity contribution is -0.128. The average molecular weight is 464 g/mol. The van der Waals surface area contributed by atoms with Crippen molar-refractivity contribution >= 4 is 33.2 Å². The molecule has 1 aliphatic heterocycles. The summed E-state index contributed by atoms with van der Waals surface area (Å²) in [5.41, 5.74) is 2.55. The Balaban J connectivity index is 1.66. The Labute approximate surface area is 193 Å². The molecule has 0 fully saturated rings. The maximum Gasteiger partial charge on any atom is 0.243 e. The second-order valence-corrected chi connectivity index (χ2v) is 9.91. The van der Waals surface area contributed by atoms with Gasteiger partial charge in [-0.3, -0.25) is 9.59 Å². The van der Waals surface area contributed by atoms with Crippen molar-refractivity contribution in [1.82, 2.24) is 4.31 Å². The molecule has 2 amide bonds. The van der Waals surface area contributed by atoms with E-state index >= 15 is 0 Å². The van der Waals surface area contributed by atoms with Crippen LogP contribution in [0.25, 0.3) is 0 Å². The summed E-state index contributed by atoms with van der Waals surface area (Å²) < 4.78 is 28.8. The number of carbonyl (C=O) groups excluding carboxylic acids is 2. The zero-order valence-corrected chi connectivity index (χ0v) is 19.0. The summed E-state index contributed by atoms with van der Waals surface area (Å²) in [5.74, 6) is -1.79. The quantitative estimate of drug-likeness (QED) is 0.523. The van der Waals surface area contributed by atoms with Gasteiger partial charge in [0.15, 0.2) is 0 Å². The molecule has 33 heavy (non-hydrogen) atoms. The fourth-order valence-electron chi connectivity index (χ4n) is 3.62. The number of rotatable bonds is 7. The number of nitrogens with one attached hydrogen (secondary N) is 2. The van der Waals surface area contributed by atoms with E-state index in [-0.39, 0.29) is 17.1 Å². The van der Waals surface area contributed by atoms with E-state index in [1.807, 2.05) is 60.7 Å². The van der Waals surface area contributed by atoms with E-state index in [1.165, 1.54) is 29.4 Å². The summed E-state index contributed by atoms with van der Waals surface area (Å²) in [4.78, 5) is 24.4. The van der Waals surface area contributed by atoms with Crippen molar-refractivity contribution in [2.45, 2.75) is 24.8 Å². The molecule has 0 aromatic heterocycles. The number of hydrogen-bond donors (Lipinski definition) is 2. The number of nitrogens with zero attached hydrogens (tertiary/aromatic N) is 1. The molecule has 170 valence electrons. The molecule has 0 saturated carbocycles. The zero-order valence-electron chi connectivity index (χ0n) is 18.2. The van der Waals surface area contributed by atoms with Gasteiger partial charge in [-0.05, 0) is 42.7 Å². The molecule has 4 rings (SSSR count). The minimum Gasteiger partial charge on any atom is -0.324 e. The van der Waals surface area contributed by atoms with Crippen molar-refractivity contribution in [1.29, 1.82) is 0 Å². The van der Waals surface area contributed by atoms with E-state index in [4.69, 9.17) is 0 Å². The third-order valence-electron chi connectivity index (χ3n) is 5.63. The zero-order chi connectivity index (χ0) is 23.4. The van der Waals surface area contributed by atoms with Gasteiger partial charge in [0.1, 0.15) is 5.92 Å². The molecule has 1 unspecified atom stereocenters. The van der Waals surface area contributed by atoms with E-state index in [0.717, 1.165) is 11.1 Å². The molecule has 0 saturated heterocycles. The average Bonchev–Trinajstić information content (AvgIpc) is 2.93. The SMILES string of the molecule is CC1C(=O)Nc2ccc(S(=O)(=O)N(CCc3ccccc3)Cc3ccccc3)cc2NC1=O. The topological polar surface area (TPSA) is 95.6 Å². The molecule has 1 atom stereocenters. The summed E-state index contributed by atoms with van der Waals surface area (Å²) in [5, 5.41) is 5.32. The number of carbonyl (C=O) groups is 2. The van der Waals surface area contributed by atoms with Crippen LogP contribution >= 0.6 is 0 Å². The van der Waals surface area contributed by atoms with Crippen LogP contribution in [0.5, 0.6) is 0 Å². The lowest BCUT2D eigenvalue weighted by Gasteiger charge is -2.23. The molecule has 3 aromatic rings. The van der Waals surface area contributed by atoms with Gasteiger partial charge in [0.25, 0.3) is 0 Å². The predicted octanol–water partition coefficient (Wildman–Crippen LogP) is 3.65. The monoisotopic (exact) mass is 463 g/mol. The van der Waals surface area contributed by atoms with E-state index in [9.17, 15) is 18.0 Å². The van der Waals surface area contributed by atoms with Gasteiger partial charge in [0, 0.05) is 13.1 Å². The van der Waals surface area contributed by atoms with E-state index in [2.05, 4.69) is 10.6 Å². The minimum atomic E-state index is -3.89. The largest absolute Gasteiger partial charge is 0.324 e. The van der Waals surface area contributed by atoms with Crippen LogP contribution in [-0.4, -0.2) is 31.1 Å². The molecule has 0 spiro atoms. The van der Waals surface area contributed by atoms with Crippen molar-refractivity contribution in [3.05, 3.63) is 90.0 Å². The Morgan fingerprint density at radius 3 is 2.00 bits per heavy atom. The number of amides is 2. The van der Waals surface area contributed by atoms with Gasteiger partial charge in [-0.2, -0.15) is 4.31 Å². The fourth-order valence-corrected chi connectivity index (χ4v) is 5.07. The predicted molar refractivity (Wildman–Crippen MR) is 127 cm³/mol. The van der Waals surface area contributed by atoms with Crippen LogP contribution < -0.4 is 10.6 Å². The first-order valence-electron chi connectivity index (χ1n) is 10.7. The molecular weight excluding hydrogens is 438 g/mol. The van der Waals surface area contributed by atoms with Crippen LogP contribution in [0, 0.1) is 5.92 Å². The first-order valence-corrected chi connectivity index (χ1v) is 12.1. The molecule has 0 radical (unpaired) electrons. The summed E-state index contributed by atoms with van der Waals surface area (Å²) in [6.45, 7) is 2.01. The Bertz CT molecular complexity index is 1260. The molecule has 3 aromatic carbocycles. The third-order valence-corrected chi connectivity index (χ3v) is 7.47. The molecule has 0 bridgehead atoms. The van der Waals surface area contributed by atoms with Crippen LogP contribution in [0.4, 0.5) is 11.4 Å². The molecule has 1 heterocycles. The molecule has 1 aliphatic rings. The maximum absolute atomic E-state index is 13.7. The van der Waals surface area contributed by atoms with Crippen LogP contribution in [0.2, 0.25) is 0 Å². The van der Waals surface area contributed by atoms with Crippen molar-refractivity contribution in [3.8, 4) is 0 Å². The summed E-state index contributed by atoms with van der Waals surface area (Å²) in [6, 6.07) is 23.5. The Kier molecular flexibility index (Phi) is 6.57. The van der Waals surface area contributed by atoms with Crippen molar-refractivity contribution in [3.63, 3.8) is 0 Å². The van der Waals surface area contributed by atoms with Crippen LogP contribution in [0.3, 0.4) is 0 Å². The Hall–Kier alpha value is -3.49. The van der Waals surface area contributed by atoms with Crippen LogP contribution in [0.15, 0.2) is 83.8 Å². The van der Waals surface area contributed by atoms with Gasteiger partial charge in [0.05, 0.1) is 16.3 Å². The van der Waals surface area contributed by atoms with Gasteiger partial charge in [0.2, 0.25) is 21.8 Å². The van der Waals surface area contributed by atoms with Gasteiger partial charge in [-0.15, -0.1) is 0 Å². The summed E-state index contributed by atoms with van der Waals surface area (Å²) in [6.07, 6.45) is 0.558. The summed E-state index contributed by atoms with van der Waals surface area (Å²) in [7, 11) is -3.89. The smallest absolute Gasteiger partial charge is 0.243 e. The van der Waals surface area contributed by atoms with E-state index in [0.29, 0.717) is 18.7 Å². The third kappa shape index (κ3) is 5.13. The molecular formula is C25H25N3O4S. The van der Waals surface area contributed by atoms with Gasteiger partial charge < -0.3 is 10.6 Å². The van der Waals surface area contributed by atoms with Crippen LogP contribution in [-0.2, 0) is 32.6 Å². The second-order valence-electron chi connectivity index (χ2n) is 7.97. The molecule has 7 nitrogen and oxygen atoms in total. The minimum absolute atomic E-state index is 0.0503. The first-order chi connectivity index (χ1) is 15.8. The number of hydrogen-bond acceptors (Lipinski definition) is 4. The standard InChI is InChI=1S/C25H25N3O4S/c1-18-24(29)26-22-13-12-21(16-23(22)27-25(18)30)33(31,32)28(17-20-10-6-3-7-11-20)15-14-19-8-4-2-5-9-19/h2-13,16,18H,14-15,17H2,1H3,(H,26,29)(H,27,30). The molecule has 0 aliphatic carbocycles. The Morgan fingerprint density at radius 2 is 1.36 bits per heavy atom. The fraction of sp³-hybridized carbons (Fsp3) is 0.200. The van der Waals surface area contributed by atoms with E-state index < -0.39 is 27.8 Å². The second kappa shape index (κ2) is 9.56. The number of sulfonamides is 1. The van der Waals surface area contributed by atoms with Crippen molar-refractivity contribution in [2.24, 2.45) is 5.92 Å². The number of benzene rings is 3. The van der Waals surface area contributed by atoms with Crippen LogP contribution in [0.1, 0.15) is 18.1 Å². The maximum atomic E-state index is 13.7. The highest BCUT2D eigenvalue weighted by atomic mass is 32.2. The first kappa shape index (κ1) is 22.7. The molecule has 2 N–H and O–H groups in total. The normalized spacial score (nSPS) is 16.0. The highest BCUT2D eigenvalue weighted by molar-refractivity contribution is 7.89. The lowest BCUT2D eigenvalue weighted by atomic mass is 10.1. The van der Waals surface area contributed by atoms with Gasteiger partial charge in [-0.1, -0.05) is 60.7 Å². The lowest BCUT2D eigenvalue weighted by Crippen LogP contribution is -2.32. The van der Waals surface area contributed by atoms with Gasteiger partial charge in [-0.25, -0.2) is 8.42 Å².